The molecular formula is C21H20N4O. The first-order valence-corrected chi connectivity index (χ1v) is 8.27. The van der Waals surface area contributed by atoms with Crippen molar-refractivity contribution in [3.63, 3.8) is 0 Å². The Morgan fingerprint density at radius 1 is 1.04 bits per heavy atom. The van der Waals surface area contributed by atoms with Crippen LogP contribution in [-0.2, 0) is 11.3 Å². The minimum absolute atomic E-state index is 0.221. The normalized spacial score (nSPS) is 10.6. The molecule has 5 heteroatoms. The molecule has 0 fully saturated rings. The highest BCUT2D eigenvalue weighted by Gasteiger charge is 2.01. The number of amides is 1. The van der Waals surface area contributed by atoms with Crippen LogP contribution in [0.4, 0.5) is 17.1 Å². The molecule has 0 aliphatic rings. The Hall–Kier alpha value is -3.60. The minimum Gasteiger partial charge on any atom is -0.397 e. The summed E-state index contributed by atoms with van der Waals surface area (Å²) in [6, 6.07) is 19.0. The highest BCUT2D eigenvalue weighted by atomic mass is 16.1. The number of carbonyl (C=O) groups is 1. The molecule has 4 N–H and O–H groups in total. The number of anilines is 3. The van der Waals surface area contributed by atoms with E-state index < -0.39 is 0 Å². The van der Waals surface area contributed by atoms with E-state index in [1.165, 1.54) is 6.08 Å². The molecule has 0 saturated carbocycles. The summed E-state index contributed by atoms with van der Waals surface area (Å²) in [5.74, 6) is -0.221. The molecule has 0 aliphatic heterocycles. The highest BCUT2D eigenvalue weighted by molar-refractivity contribution is 6.03. The van der Waals surface area contributed by atoms with Crippen molar-refractivity contribution < 1.29 is 4.79 Å². The Labute approximate surface area is 152 Å². The number of carbonyl (C=O) groups excluding carboxylic acids is 1. The summed E-state index contributed by atoms with van der Waals surface area (Å²) in [4.78, 5) is 16.1. The van der Waals surface area contributed by atoms with Crippen molar-refractivity contribution in [1.29, 1.82) is 0 Å². The Balaban J connectivity index is 1.54. The fourth-order valence-electron chi connectivity index (χ4n) is 2.38. The Morgan fingerprint density at radius 3 is 2.58 bits per heavy atom. The first kappa shape index (κ1) is 17.2. The monoisotopic (exact) mass is 344 g/mol. The Kier molecular flexibility index (Phi) is 5.62. The largest absolute Gasteiger partial charge is 0.397 e. The third-order valence-electron chi connectivity index (χ3n) is 3.78. The predicted octanol–water partition coefficient (Wildman–Crippen LogP) is 3.93. The molecule has 0 atom stereocenters. The van der Waals surface area contributed by atoms with Crippen LogP contribution in [0.2, 0.25) is 0 Å². The van der Waals surface area contributed by atoms with Gasteiger partial charge in [0.1, 0.15) is 0 Å². The number of benzene rings is 2. The number of pyridine rings is 1. The van der Waals surface area contributed by atoms with Crippen LogP contribution in [0.1, 0.15) is 11.1 Å². The zero-order chi connectivity index (χ0) is 18.2. The fourth-order valence-corrected chi connectivity index (χ4v) is 2.38. The van der Waals surface area contributed by atoms with Gasteiger partial charge in [-0.05, 0) is 47.5 Å². The first-order chi connectivity index (χ1) is 12.7. The zero-order valence-electron chi connectivity index (χ0n) is 14.2. The molecule has 3 aromatic rings. The van der Waals surface area contributed by atoms with Gasteiger partial charge in [0.2, 0.25) is 5.91 Å². The fraction of sp³-hybridized carbons (Fsp3) is 0.0476. The summed E-state index contributed by atoms with van der Waals surface area (Å²) in [6.45, 7) is 0.712. The zero-order valence-corrected chi connectivity index (χ0v) is 14.2. The number of nitrogens with one attached hydrogen (secondary N) is 2. The third-order valence-corrected chi connectivity index (χ3v) is 3.78. The van der Waals surface area contributed by atoms with Gasteiger partial charge in [-0.15, -0.1) is 0 Å². The summed E-state index contributed by atoms with van der Waals surface area (Å²) in [5, 5.41) is 6.10. The Bertz CT molecular complexity index is 889. The van der Waals surface area contributed by atoms with Crippen LogP contribution < -0.4 is 16.4 Å². The number of nitrogens with two attached hydrogens (primary N) is 1. The second-order valence-electron chi connectivity index (χ2n) is 5.75. The predicted molar refractivity (Wildman–Crippen MR) is 107 cm³/mol. The van der Waals surface area contributed by atoms with E-state index in [0.717, 1.165) is 16.8 Å². The molecule has 130 valence electrons. The molecule has 0 saturated heterocycles. The molecule has 1 heterocycles. The molecule has 2 aromatic carbocycles. The maximum atomic E-state index is 12.0. The van der Waals surface area contributed by atoms with Crippen LogP contribution in [0.5, 0.6) is 0 Å². The molecule has 1 aromatic heterocycles. The van der Waals surface area contributed by atoms with E-state index in [1.807, 2.05) is 54.7 Å². The van der Waals surface area contributed by atoms with Gasteiger partial charge in [0, 0.05) is 30.7 Å². The van der Waals surface area contributed by atoms with Gasteiger partial charge < -0.3 is 16.4 Å². The van der Waals surface area contributed by atoms with Crippen LogP contribution >= 0.6 is 0 Å². The van der Waals surface area contributed by atoms with Crippen molar-refractivity contribution in [2.45, 2.75) is 6.54 Å². The van der Waals surface area contributed by atoms with Crippen LogP contribution in [0.3, 0.4) is 0 Å². The number of aromatic nitrogens is 1. The summed E-state index contributed by atoms with van der Waals surface area (Å²) in [7, 11) is 0. The van der Waals surface area contributed by atoms with Gasteiger partial charge in [-0.1, -0.05) is 30.3 Å². The van der Waals surface area contributed by atoms with Crippen LogP contribution in [0, 0.1) is 0 Å². The molecular weight excluding hydrogens is 324 g/mol. The SMILES string of the molecule is Nc1ccccc1NC(=O)/C=C\c1ccc(NCc2cccnc2)cc1. The van der Waals surface area contributed by atoms with Crippen LogP contribution in [0.15, 0.2) is 79.1 Å². The maximum absolute atomic E-state index is 12.0. The molecule has 0 unspecified atom stereocenters. The van der Waals surface area contributed by atoms with Crippen molar-refractivity contribution in [3.8, 4) is 0 Å². The van der Waals surface area contributed by atoms with E-state index in [9.17, 15) is 4.79 Å². The molecule has 3 rings (SSSR count). The average molecular weight is 344 g/mol. The summed E-state index contributed by atoms with van der Waals surface area (Å²) >= 11 is 0. The van der Waals surface area contributed by atoms with E-state index in [4.69, 9.17) is 5.73 Å². The third kappa shape index (κ3) is 4.95. The van der Waals surface area contributed by atoms with E-state index in [-0.39, 0.29) is 5.91 Å². The number of nitrogens with zero attached hydrogens (tertiary/aromatic N) is 1. The first-order valence-electron chi connectivity index (χ1n) is 8.27. The van der Waals surface area contributed by atoms with Crippen LogP contribution in [0.25, 0.3) is 6.08 Å². The van der Waals surface area contributed by atoms with E-state index in [1.54, 1.807) is 24.4 Å². The lowest BCUT2D eigenvalue weighted by Gasteiger charge is -2.06. The quantitative estimate of drug-likeness (QED) is 0.467. The standard InChI is InChI=1S/C21H20N4O/c22-19-5-1-2-6-20(19)25-21(26)12-9-16-7-10-18(11-8-16)24-15-17-4-3-13-23-14-17/h1-14,24H,15,22H2,(H,25,26)/b12-9-. The van der Waals surface area contributed by atoms with Gasteiger partial charge in [0.15, 0.2) is 0 Å². The summed E-state index contributed by atoms with van der Waals surface area (Å²) < 4.78 is 0. The Morgan fingerprint density at radius 2 is 1.85 bits per heavy atom. The van der Waals surface area contributed by atoms with Gasteiger partial charge in [0.05, 0.1) is 11.4 Å². The average Bonchev–Trinajstić information content (AvgIpc) is 2.68. The number of hydrogen-bond donors (Lipinski definition) is 3. The van der Waals surface area contributed by atoms with E-state index >= 15 is 0 Å². The molecule has 26 heavy (non-hydrogen) atoms. The van der Waals surface area contributed by atoms with Gasteiger partial charge in [-0.2, -0.15) is 0 Å². The van der Waals surface area contributed by atoms with Gasteiger partial charge >= 0.3 is 0 Å². The van der Waals surface area contributed by atoms with Gasteiger partial charge in [-0.25, -0.2) is 0 Å². The number of hydrogen-bond acceptors (Lipinski definition) is 4. The van der Waals surface area contributed by atoms with Crippen molar-refractivity contribution in [1.82, 2.24) is 4.98 Å². The highest BCUT2D eigenvalue weighted by Crippen LogP contribution is 2.17. The molecule has 1 amide bonds. The lowest BCUT2D eigenvalue weighted by Crippen LogP contribution is -2.09. The van der Waals surface area contributed by atoms with Gasteiger partial charge in [-0.3, -0.25) is 9.78 Å². The molecule has 0 aliphatic carbocycles. The van der Waals surface area contributed by atoms with Crippen molar-refractivity contribution in [2.75, 3.05) is 16.4 Å². The topological polar surface area (TPSA) is 80.0 Å². The van der Waals surface area contributed by atoms with E-state index in [2.05, 4.69) is 15.6 Å². The molecule has 0 spiro atoms. The van der Waals surface area contributed by atoms with Crippen molar-refractivity contribution >= 4 is 29.0 Å². The second kappa shape index (κ2) is 8.48. The number of nitrogen functional groups attached to an aromatic ring is 1. The number of rotatable bonds is 6. The van der Waals surface area contributed by atoms with Crippen LogP contribution in [-0.4, -0.2) is 10.9 Å². The lowest BCUT2D eigenvalue weighted by atomic mass is 10.2. The van der Waals surface area contributed by atoms with Crippen molar-refractivity contribution in [3.05, 3.63) is 90.3 Å². The number of para-hydroxylation sites is 2. The minimum atomic E-state index is -0.221. The van der Waals surface area contributed by atoms with Gasteiger partial charge in [0.25, 0.3) is 0 Å². The molecule has 0 radical (unpaired) electrons. The second-order valence-corrected chi connectivity index (χ2v) is 5.75. The lowest BCUT2D eigenvalue weighted by molar-refractivity contribution is -0.111. The van der Waals surface area contributed by atoms with E-state index in [0.29, 0.717) is 17.9 Å². The van der Waals surface area contributed by atoms with Crippen molar-refractivity contribution in [2.24, 2.45) is 0 Å². The summed E-state index contributed by atoms with van der Waals surface area (Å²) in [6.07, 6.45) is 6.85. The molecule has 5 nitrogen and oxygen atoms in total. The molecule has 0 bridgehead atoms. The maximum Gasteiger partial charge on any atom is 0.248 e. The smallest absolute Gasteiger partial charge is 0.248 e. The summed E-state index contributed by atoms with van der Waals surface area (Å²) in [5.41, 5.74) is 10.0.